The topological polar surface area (TPSA) is 48.9 Å². The van der Waals surface area contributed by atoms with Crippen LogP contribution in [-0.2, 0) is 11.3 Å². The van der Waals surface area contributed by atoms with E-state index in [1.54, 1.807) is 0 Å². The Morgan fingerprint density at radius 2 is 2.27 bits per heavy atom. The highest BCUT2D eigenvalue weighted by atomic mass is 16.5. The van der Waals surface area contributed by atoms with Crippen LogP contribution in [-0.4, -0.2) is 36.1 Å². The standard InChI is InChI=1S/C17H24N4O/c1-4-18-14-7-5-6-13(8-14)10-22-16-9-15-20-17(2,3)11-21(15)12-19-16/h5-9,18,20H,4,10-12H2,1-3H3. The first-order valence-corrected chi connectivity index (χ1v) is 7.81. The van der Waals surface area contributed by atoms with Crippen LogP contribution in [0.5, 0.6) is 0 Å². The molecule has 1 aromatic carbocycles. The molecule has 0 saturated carbocycles. The Bertz CT molecular complexity index is 606. The van der Waals surface area contributed by atoms with E-state index in [4.69, 9.17) is 4.74 Å². The molecule has 2 heterocycles. The summed E-state index contributed by atoms with van der Waals surface area (Å²) >= 11 is 0. The van der Waals surface area contributed by atoms with Crippen molar-refractivity contribution >= 4 is 11.6 Å². The van der Waals surface area contributed by atoms with Gasteiger partial charge in [0.05, 0.1) is 5.54 Å². The highest BCUT2D eigenvalue weighted by molar-refractivity contribution is 5.89. The van der Waals surface area contributed by atoms with Crippen LogP contribution in [0.2, 0.25) is 0 Å². The largest absolute Gasteiger partial charge is 0.473 e. The summed E-state index contributed by atoms with van der Waals surface area (Å²) in [5.41, 5.74) is 2.36. The lowest BCUT2D eigenvalue weighted by molar-refractivity contribution is 0.281. The third-order valence-electron chi connectivity index (χ3n) is 3.75. The van der Waals surface area contributed by atoms with Crippen molar-refractivity contribution in [2.24, 2.45) is 4.99 Å². The molecular weight excluding hydrogens is 276 g/mol. The normalized spacial score (nSPS) is 19.0. The molecule has 2 aliphatic heterocycles. The van der Waals surface area contributed by atoms with Crippen molar-refractivity contribution in [3.05, 3.63) is 41.7 Å². The van der Waals surface area contributed by atoms with E-state index >= 15 is 0 Å². The quantitative estimate of drug-likeness (QED) is 0.897. The van der Waals surface area contributed by atoms with Crippen LogP contribution in [0.4, 0.5) is 5.69 Å². The number of fused-ring (bicyclic) bond motifs is 1. The van der Waals surface area contributed by atoms with E-state index in [2.05, 4.69) is 59.5 Å². The SMILES string of the molecule is CCNc1cccc(COC2=NCN3CC(C)(C)NC3=C2)c1. The molecule has 5 heteroatoms. The molecule has 0 spiro atoms. The molecule has 0 aromatic heterocycles. The zero-order valence-corrected chi connectivity index (χ0v) is 13.5. The minimum absolute atomic E-state index is 0.0942. The molecule has 0 radical (unpaired) electrons. The fraction of sp³-hybridized carbons (Fsp3) is 0.471. The summed E-state index contributed by atoms with van der Waals surface area (Å²) in [7, 11) is 0. The van der Waals surface area contributed by atoms with Gasteiger partial charge in [0.25, 0.3) is 0 Å². The van der Waals surface area contributed by atoms with E-state index in [1.165, 1.54) is 0 Å². The number of hydrogen-bond acceptors (Lipinski definition) is 5. The molecule has 0 amide bonds. The first-order chi connectivity index (χ1) is 10.6. The van der Waals surface area contributed by atoms with E-state index in [9.17, 15) is 0 Å². The molecule has 1 fully saturated rings. The molecule has 0 unspecified atom stereocenters. The van der Waals surface area contributed by atoms with Crippen molar-refractivity contribution in [1.82, 2.24) is 10.2 Å². The maximum atomic E-state index is 5.86. The molecule has 1 saturated heterocycles. The number of nitrogens with one attached hydrogen (secondary N) is 2. The Labute approximate surface area is 132 Å². The van der Waals surface area contributed by atoms with E-state index in [-0.39, 0.29) is 5.54 Å². The predicted molar refractivity (Wildman–Crippen MR) is 89.7 cm³/mol. The molecule has 118 valence electrons. The zero-order valence-electron chi connectivity index (χ0n) is 13.5. The molecule has 5 nitrogen and oxygen atoms in total. The third-order valence-corrected chi connectivity index (χ3v) is 3.75. The van der Waals surface area contributed by atoms with E-state index in [0.717, 1.165) is 30.2 Å². The van der Waals surface area contributed by atoms with Crippen LogP contribution in [0, 0.1) is 0 Å². The zero-order chi connectivity index (χ0) is 15.6. The summed E-state index contributed by atoms with van der Waals surface area (Å²) in [6.45, 7) is 9.56. The number of hydrogen-bond donors (Lipinski definition) is 2. The van der Waals surface area contributed by atoms with Gasteiger partial charge < -0.3 is 20.3 Å². The molecule has 3 rings (SSSR count). The summed E-state index contributed by atoms with van der Waals surface area (Å²) in [4.78, 5) is 6.73. The summed E-state index contributed by atoms with van der Waals surface area (Å²) in [6.07, 6.45) is 1.99. The lowest BCUT2D eigenvalue weighted by Crippen LogP contribution is -2.34. The Hall–Kier alpha value is -2.17. The van der Waals surface area contributed by atoms with Gasteiger partial charge in [-0.1, -0.05) is 12.1 Å². The molecule has 0 aliphatic carbocycles. The Morgan fingerprint density at radius 3 is 3.09 bits per heavy atom. The highest BCUT2D eigenvalue weighted by Gasteiger charge is 2.33. The van der Waals surface area contributed by atoms with Gasteiger partial charge in [-0.3, -0.25) is 0 Å². The summed E-state index contributed by atoms with van der Waals surface area (Å²) in [5, 5.41) is 6.81. The van der Waals surface area contributed by atoms with Crippen LogP contribution in [0.3, 0.4) is 0 Å². The number of anilines is 1. The second-order valence-corrected chi connectivity index (χ2v) is 6.39. The average molecular weight is 300 g/mol. The fourth-order valence-corrected chi connectivity index (χ4v) is 2.82. The number of rotatable bonds is 4. The van der Waals surface area contributed by atoms with Crippen molar-refractivity contribution in [1.29, 1.82) is 0 Å². The van der Waals surface area contributed by atoms with Crippen LogP contribution in [0.25, 0.3) is 0 Å². The predicted octanol–water partition coefficient (Wildman–Crippen LogP) is 2.53. The fourth-order valence-electron chi connectivity index (χ4n) is 2.82. The lowest BCUT2D eigenvalue weighted by Gasteiger charge is -2.21. The van der Waals surface area contributed by atoms with Crippen molar-refractivity contribution in [3.63, 3.8) is 0 Å². The van der Waals surface area contributed by atoms with Crippen LogP contribution in [0.1, 0.15) is 26.3 Å². The maximum absolute atomic E-state index is 5.86. The van der Waals surface area contributed by atoms with Gasteiger partial charge in [0.1, 0.15) is 19.1 Å². The molecule has 1 aromatic rings. The Kier molecular flexibility index (Phi) is 3.96. The molecule has 22 heavy (non-hydrogen) atoms. The van der Waals surface area contributed by atoms with Gasteiger partial charge in [0, 0.05) is 24.9 Å². The number of ether oxygens (including phenoxy) is 1. The van der Waals surface area contributed by atoms with E-state index in [0.29, 0.717) is 19.2 Å². The summed E-state index contributed by atoms with van der Waals surface area (Å²) in [6, 6.07) is 8.29. The van der Waals surface area contributed by atoms with Crippen molar-refractivity contribution in [3.8, 4) is 0 Å². The highest BCUT2D eigenvalue weighted by Crippen LogP contribution is 2.23. The second kappa shape index (κ2) is 5.91. The lowest BCUT2D eigenvalue weighted by atomic mass is 10.1. The van der Waals surface area contributed by atoms with Gasteiger partial charge in [-0.05, 0) is 38.5 Å². The number of nitrogens with zero attached hydrogens (tertiary/aromatic N) is 2. The van der Waals surface area contributed by atoms with Crippen molar-refractivity contribution in [2.75, 3.05) is 25.1 Å². The van der Waals surface area contributed by atoms with Crippen molar-refractivity contribution in [2.45, 2.75) is 32.9 Å². The molecular formula is C17H24N4O. The first-order valence-electron chi connectivity index (χ1n) is 7.81. The average Bonchev–Trinajstić information content (AvgIpc) is 2.79. The second-order valence-electron chi connectivity index (χ2n) is 6.39. The van der Waals surface area contributed by atoms with E-state index in [1.807, 2.05) is 12.1 Å². The summed E-state index contributed by atoms with van der Waals surface area (Å²) < 4.78 is 5.86. The van der Waals surface area contributed by atoms with Gasteiger partial charge in [-0.25, -0.2) is 4.99 Å². The van der Waals surface area contributed by atoms with Crippen LogP contribution < -0.4 is 10.6 Å². The van der Waals surface area contributed by atoms with Crippen molar-refractivity contribution < 1.29 is 4.74 Å². The summed E-state index contributed by atoms with van der Waals surface area (Å²) in [5.74, 6) is 1.81. The van der Waals surface area contributed by atoms with Gasteiger partial charge in [-0.15, -0.1) is 0 Å². The van der Waals surface area contributed by atoms with Crippen LogP contribution >= 0.6 is 0 Å². The molecule has 2 N–H and O–H groups in total. The first kappa shape index (κ1) is 14.8. The van der Waals surface area contributed by atoms with Crippen LogP contribution in [0.15, 0.2) is 41.2 Å². The Morgan fingerprint density at radius 1 is 1.41 bits per heavy atom. The molecule has 0 atom stereocenters. The minimum atomic E-state index is 0.0942. The van der Waals surface area contributed by atoms with Gasteiger partial charge in [-0.2, -0.15) is 0 Å². The number of benzene rings is 1. The smallest absolute Gasteiger partial charge is 0.214 e. The Balaban J connectivity index is 1.61. The van der Waals surface area contributed by atoms with Gasteiger partial charge in [0.2, 0.25) is 5.90 Å². The molecule has 2 aliphatic rings. The number of aliphatic imine (C=N–C) groups is 1. The minimum Gasteiger partial charge on any atom is -0.473 e. The maximum Gasteiger partial charge on any atom is 0.214 e. The van der Waals surface area contributed by atoms with E-state index < -0.39 is 0 Å². The monoisotopic (exact) mass is 300 g/mol. The van der Waals surface area contributed by atoms with Gasteiger partial charge in [0.15, 0.2) is 0 Å². The molecule has 0 bridgehead atoms. The van der Waals surface area contributed by atoms with Gasteiger partial charge >= 0.3 is 0 Å². The third kappa shape index (κ3) is 3.35.